The van der Waals surface area contributed by atoms with E-state index in [0.717, 1.165) is 0 Å². The molecule has 0 aliphatic heterocycles. The third kappa shape index (κ3) is 3.85. The first-order valence-corrected chi connectivity index (χ1v) is 6.81. The molecule has 1 heterocycles. The van der Waals surface area contributed by atoms with E-state index in [9.17, 15) is 4.79 Å². The average Bonchev–Trinajstić information content (AvgIpc) is 2.42. The highest BCUT2D eigenvalue weighted by atomic mass is 79.9. The number of benzene rings is 1. The maximum Gasteiger partial charge on any atom is 0.262 e. The highest BCUT2D eigenvalue weighted by molar-refractivity contribution is 9.10. The Labute approximate surface area is 129 Å². The number of halogens is 2. The maximum atomic E-state index is 11.7. The number of carbonyl (C=O) groups is 1. The summed E-state index contributed by atoms with van der Waals surface area (Å²) in [6.45, 7) is -0.144. The lowest BCUT2D eigenvalue weighted by Crippen LogP contribution is -2.20. The number of rotatable bonds is 4. The summed E-state index contributed by atoms with van der Waals surface area (Å²) in [5, 5.41) is 2.97. The minimum atomic E-state index is -0.315. The number of aromatic nitrogens is 1. The van der Waals surface area contributed by atoms with Crippen LogP contribution in [0, 0.1) is 0 Å². The van der Waals surface area contributed by atoms with Crippen LogP contribution in [0.4, 0.5) is 11.4 Å². The monoisotopic (exact) mass is 355 g/mol. The molecule has 0 fully saturated rings. The number of nitrogens with one attached hydrogen (secondary N) is 1. The molecule has 5 nitrogen and oxygen atoms in total. The van der Waals surface area contributed by atoms with Crippen LogP contribution < -0.4 is 15.8 Å². The van der Waals surface area contributed by atoms with Gasteiger partial charge in [-0.25, -0.2) is 4.98 Å². The first kappa shape index (κ1) is 14.6. The molecule has 0 aliphatic rings. The van der Waals surface area contributed by atoms with Crippen molar-refractivity contribution in [3.63, 3.8) is 0 Å². The van der Waals surface area contributed by atoms with Crippen molar-refractivity contribution >= 4 is 44.8 Å². The van der Waals surface area contributed by atoms with Gasteiger partial charge in [-0.1, -0.05) is 23.7 Å². The number of para-hydroxylation sites is 2. The van der Waals surface area contributed by atoms with Gasteiger partial charge in [0.15, 0.2) is 6.61 Å². The first-order chi connectivity index (χ1) is 9.56. The molecule has 0 radical (unpaired) electrons. The van der Waals surface area contributed by atoms with Gasteiger partial charge in [0, 0.05) is 0 Å². The molecule has 0 bridgehead atoms. The van der Waals surface area contributed by atoms with Gasteiger partial charge in [-0.2, -0.15) is 0 Å². The van der Waals surface area contributed by atoms with E-state index < -0.39 is 0 Å². The third-order valence-electron chi connectivity index (χ3n) is 2.36. The number of carbonyl (C=O) groups excluding carboxylic acids is 1. The predicted molar refractivity (Wildman–Crippen MR) is 81.9 cm³/mol. The largest absolute Gasteiger partial charge is 0.482 e. The van der Waals surface area contributed by atoms with Crippen LogP contribution >= 0.6 is 27.5 Å². The molecule has 3 N–H and O–H groups in total. The zero-order chi connectivity index (χ0) is 14.5. The summed E-state index contributed by atoms with van der Waals surface area (Å²) in [7, 11) is 0. The molecule has 1 aromatic carbocycles. The molecule has 0 unspecified atom stereocenters. The van der Waals surface area contributed by atoms with E-state index in [1.54, 1.807) is 30.3 Å². The third-order valence-corrected chi connectivity index (χ3v) is 3.49. The normalized spacial score (nSPS) is 10.1. The minimum Gasteiger partial charge on any atom is -0.482 e. The Morgan fingerprint density at radius 3 is 2.90 bits per heavy atom. The molecule has 0 saturated heterocycles. The van der Waals surface area contributed by atoms with Gasteiger partial charge in [-0.15, -0.1) is 0 Å². The van der Waals surface area contributed by atoms with E-state index >= 15 is 0 Å². The number of nitrogens with two attached hydrogens (primary N) is 1. The Balaban J connectivity index is 1.93. The van der Waals surface area contributed by atoms with Gasteiger partial charge < -0.3 is 15.8 Å². The second-order valence-electron chi connectivity index (χ2n) is 3.87. The van der Waals surface area contributed by atoms with Crippen LogP contribution in [0.15, 0.2) is 41.0 Å². The molecule has 7 heteroatoms. The van der Waals surface area contributed by atoms with Crippen LogP contribution in [-0.4, -0.2) is 17.5 Å². The van der Waals surface area contributed by atoms with E-state index in [4.69, 9.17) is 22.1 Å². The van der Waals surface area contributed by atoms with Crippen molar-refractivity contribution < 1.29 is 9.53 Å². The lowest BCUT2D eigenvalue weighted by Gasteiger charge is -2.09. The summed E-state index contributed by atoms with van der Waals surface area (Å²) in [5.74, 6) is 0.155. The Kier molecular flexibility index (Phi) is 4.81. The predicted octanol–water partition coefficient (Wildman–Crippen LogP) is 3.10. The van der Waals surface area contributed by atoms with Gasteiger partial charge in [0.05, 0.1) is 22.0 Å². The fraction of sp³-hybridized carbons (Fsp3) is 0.0769. The Hall–Kier alpha value is -1.79. The molecular formula is C13H11BrClN3O2. The van der Waals surface area contributed by atoms with E-state index in [0.29, 0.717) is 26.8 Å². The van der Waals surface area contributed by atoms with Gasteiger partial charge in [0.1, 0.15) is 10.9 Å². The van der Waals surface area contributed by atoms with Crippen molar-refractivity contribution in [1.82, 2.24) is 4.98 Å². The Morgan fingerprint density at radius 1 is 1.45 bits per heavy atom. The number of nitrogen functional groups attached to an aromatic ring is 1. The van der Waals surface area contributed by atoms with Crippen LogP contribution in [0.3, 0.4) is 0 Å². The topological polar surface area (TPSA) is 77.2 Å². The fourth-order valence-corrected chi connectivity index (χ4v) is 1.89. The number of nitrogens with zero attached hydrogens (tertiary/aromatic N) is 1. The zero-order valence-electron chi connectivity index (χ0n) is 10.3. The number of pyridine rings is 1. The number of hydrogen-bond donors (Lipinski definition) is 2. The van der Waals surface area contributed by atoms with Gasteiger partial charge >= 0.3 is 0 Å². The molecule has 0 spiro atoms. The lowest BCUT2D eigenvalue weighted by atomic mass is 10.3. The molecule has 20 heavy (non-hydrogen) atoms. The summed E-state index contributed by atoms with van der Waals surface area (Å²) < 4.78 is 5.93. The number of amides is 1. The second kappa shape index (κ2) is 6.58. The molecule has 1 aromatic heterocycles. The van der Waals surface area contributed by atoms with Crippen molar-refractivity contribution in [2.45, 2.75) is 0 Å². The number of hydrogen-bond acceptors (Lipinski definition) is 4. The smallest absolute Gasteiger partial charge is 0.262 e. The zero-order valence-corrected chi connectivity index (χ0v) is 12.6. The standard InChI is InChI=1S/C13H11BrClN3O2/c14-9-5-8(6-17-13(9)15)18-12(19)7-20-11-4-2-1-3-10(11)16/h1-6H,7,16H2,(H,18,19). The summed E-state index contributed by atoms with van der Waals surface area (Å²) in [4.78, 5) is 15.6. The van der Waals surface area contributed by atoms with Gasteiger partial charge in [-0.3, -0.25) is 4.79 Å². The average molecular weight is 357 g/mol. The number of ether oxygens (including phenoxy) is 1. The highest BCUT2D eigenvalue weighted by Crippen LogP contribution is 2.23. The van der Waals surface area contributed by atoms with Crippen LogP contribution in [0.2, 0.25) is 5.15 Å². The van der Waals surface area contributed by atoms with Crippen molar-refractivity contribution in [3.05, 3.63) is 46.2 Å². The van der Waals surface area contributed by atoms with Gasteiger partial charge in [-0.05, 0) is 34.1 Å². The molecule has 0 atom stereocenters. The van der Waals surface area contributed by atoms with E-state index in [1.165, 1.54) is 6.20 Å². The molecule has 1 amide bonds. The van der Waals surface area contributed by atoms with Crippen LogP contribution in [0.5, 0.6) is 5.75 Å². The highest BCUT2D eigenvalue weighted by Gasteiger charge is 2.07. The Morgan fingerprint density at radius 2 is 2.20 bits per heavy atom. The van der Waals surface area contributed by atoms with Crippen molar-refractivity contribution in [1.29, 1.82) is 0 Å². The fourth-order valence-electron chi connectivity index (χ4n) is 1.44. The SMILES string of the molecule is Nc1ccccc1OCC(=O)Nc1cnc(Cl)c(Br)c1. The molecule has 0 saturated carbocycles. The molecule has 104 valence electrons. The summed E-state index contributed by atoms with van der Waals surface area (Å²) in [6.07, 6.45) is 1.46. The Bertz CT molecular complexity index is 637. The van der Waals surface area contributed by atoms with Gasteiger partial charge in [0.2, 0.25) is 0 Å². The molecule has 2 rings (SSSR count). The first-order valence-electron chi connectivity index (χ1n) is 5.64. The van der Waals surface area contributed by atoms with Crippen LogP contribution in [0.25, 0.3) is 0 Å². The van der Waals surface area contributed by atoms with Crippen LogP contribution in [-0.2, 0) is 4.79 Å². The van der Waals surface area contributed by atoms with E-state index in [2.05, 4.69) is 26.2 Å². The molecule has 0 aliphatic carbocycles. The van der Waals surface area contributed by atoms with E-state index in [-0.39, 0.29) is 12.5 Å². The van der Waals surface area contributed by atoms with Crippen molar-refractivity contribution in [3.8, 4) is 5.75 Å². The summed E-state index contributed by atoms with van der Waals surface area (Å²) >= 11 is 8.99. The quantitative estimate of drug-likeness (QED) is 0.652. The molecular weight excluding hydrogens is 346 g/mol. The van der Waals surface area contributed by atoms with Crippen molar-refractivity contribution in [2.24, 2.45) is 0 Å². The van der Waals surface area contributed by atoms with E-state index in [1.807, 2.05) is 0 Å². The lowest BCUT2D eigenvalue weighted by molar-refractivity contribution is -0.118. The second-order valence-corrected chi connectivity index (χ2v) is 5.08. The number of anilines is 2. The maximum absolute atomic E-state index is 11.7. The van der Waals surface area contributed by atoms with Gasteiger partial charge in [0.25, 0.3) is 5.91 Å². The summed E-state index contributed by atoms with van der Waals surface area (Å²) in [6, 6.07) is 8.63. The van der Waals surface area contributed by atoms with Crippen LogP contribution in [0.1, 0.15) is 0 Å². The minimum absolute atomic E-state index is 0.144. The molecule has 2 aromatic rings. The summed E-state index contributed by atoms with van der Waals surface area (Å²) in [5.41, 5.74) is 6.71. The van der Waals surface area contributed by atoms with Crippen molar-refractivity contribution in [2.75, 3.05) is 17.7 Å².